The summed E-state index contributed by atoms with van der Waals surface area (Å²) in [6.07, 6.45) is 0. The van der Waals surface area contributed by atoms with Crippen LogP contribution in [0.15, 0.2) is 36.4 Å². The van der Waals surface area contributed by atoms with E-state index in [0.29, 0.717) is 12.3 Å². The summed E-state index contributed by atoms with van der Waals surface area (Å²) in [4.78, 5) is 0.771. The van der Waals surface area contributed by atoms with Gasteiger partial charge >= 0.3 is 0 Å². The van der Waals surface area contributed by atoms with Gasteiger partial charge < -0.3 is 24.3 Å². The number of nitrogens with one attached hydrogen (secondary N) is 1. The van der Waals surface area contributed by atoms with Gasteiger partial charge in [0.25, 0.3) is 0 Å². The van der Waals surface area contributed by atoms with E-state index in [1.165, 1.54) is 11.8 Å². The van der Waals surface area contributed by atoms with Gasteiger partial charge in [0, 0.05) is 35.6 Å². The molecule has 0 unspecified atom stereocenters. The third-order valence-electron chi connectivity index (χ3n) is 3.81. The van der Waals surface area contributed by atoms with Crippen molar-refractivity contribution in [2.24, 2.45) is 0 Å². The van der Waals surface area contributed by atoms with Crippen LogP contribution in [-0.4, -0.2) is 33.4 Å². The van der Waals surface area contributed by atoms with Crippen LogP contribution in [0.25, 0.3) is 0 Å². The Bertz CT molecular complexity index is 838. The molecule has 164 valence electrons. The minimum absolute atomic E-state index is 0. The van der Waals surface area contributed by atoms with Gasteiger partial charge in [0.1, 0.15) is 28.4 Å². The van der Waals surface area contributed by atoms with E-state index in [9.17, 15) is 0 Å². The van der Waals surface area contributed by atoms with Crippen molar-refractivity contribution in [3.63, 3.8) is 0 Å². The molecule has 30 heavy (non-hydrogen) atoms. The van der Waals surface area contributed by atoms with Gasteiger partial charge in [-0.3, -0.25) is 0 Å². The fourth-order valence-electron chi connectivity index (χ4n) is 2.30. The third-order valence-corrected chi connectivity index (χ3v) is 4.54. The summed E-state index contributed by atoms with van der Waals surface area (Å²) < 4.78 is 20.6. The highest BCUT2D eigenvalue weighted by molar-refractivity contribution is 8.02. The fourth-order valence-corrected chi connectivity index (χ4v) is 2.83. The molecule has 0 aliphatic rings. The van der Waals surface area contributed by atoms with Crippen LogP contribution in [0.2, 0.25) is 0 Å². The maximum atomic E-state index is 8.44. The van der Waals surface area contributed by atoms with Crippen LogP contribution in [0, 0.1) is 10.7 Å². The highest BCUT2D eigenvalue weighted by atomic mass is 32.2. The molecule has 0 heterocycles. The van der Waals surface area contributed by atoms with Gasteiger partial charge in [0.05, 0.1) is 33.4 Å². The van der Waals surface area contributed by atoms with E-state index in [4.69, 9.17) is 36.4 Å². The van der Waals surface area contributed by atoms with E-state index in [-0.39, 0.29) is 7.43 Å². The quantitative estimate of drug-likeness (QED) is 0.435. The lowest BCUT2D eigenvalue weighted by Crippen LogP contribution is -2.17. The van der Waals surface area contributed by atoms with Crippen molar-refractivity contribution in [3.8, 4) is 28.4 Å². The SMILES string of the molecule is C.COc1ccc(CNC(C)=S)c(OC)c1.COc1ccc(CSC#N)c(OC)c1. The molecule has 2 aromatic rings. The molecular formula is C22H30N2O4S2. The Labute approximate surface area is 189 Å². The Balaban J connectivity index is 0.000000544. The Morgan fingerprint density at radius 3 is 1.87 bits per heavy atom. The number of thiocarbonyl (C=S) groups is 1. The first-order chi connectivity index (χ1) is 14.0. The highest BCUT2D eigenvalue weighted by Crippen LogP contribution is 2.27. The maximum absolute atomic E-state index is 8.44. The van der Waals surface area contributed by atoms with Crippen LogP contribution in [0.1, 0.15) is 25.5 Å². The lowest BCUT2D eigenvalue weighted by atomic mass is 10.2. The predicted molar refractivity (Wildman–Crippen MR) is 128 cm³/mol. The second-order valence-corrected chi connectivity index (χ2v) is 7.02. The van der Waals surface area contributed by atoms with Gasteiger partial charge in [-0.2, -0.15) is 5.26 Å². The molecule has 1 N–H and O–H groups in total. The van der Waals surface area contributed by atoms with E-state index in [0.717, 1.165) is 39.1 Å². The number of benzene rings is 2. The molecule has 0 amide bonds. The number of hydrogen-bond acceptors (Lipinski definition) is 7. The molecular weight excluding hydrogens is 420 g/mol. The number of thioether (sulfide) groups is 1. The molecule has 0 radical (unpaired) electrons. The van der Waals surface area contributed by atoms with Gasteiger partial charge in [0.15, 0.2) is 0 Å². The Morgan fingerprint density at radius 2 is 1.43 bits per heavy atom. The average molecular weight is 451 g/mol. The van der Waals surface area contributed by atoms with Gasteiger partial charge in [-0.1, -0.05) is 25.7 Å². The van der Waals surface area contributed by atoms with Crippen molar-refractivity contribution >= 4 is 29.0 Å². The van der Waals surface area contributed by atoms with Crippen molar-refractivity contribution in [1.82, 2.24) is 5.32 Å². The standard InChI is InChI=1S/C11H15NO2S.C10H11NO2S.CH4/c1-8(15)12-7-9-4-5-10(13-2)6-11(9)14-3;1-12-9-4-3-8(6-14-7-11)10(5-9)13-2;/h4-6H,7H2,1-3H3,(H,12,15);3-5H,6H2,1-2H3;1H4. The summed E-state index contributed by atoms with van der Waals surface area (Å²) in [5.74, 6) is 3.73. The van der Waals surface area contributed by atoms with Crippen LogP contribution < -0.4 is 24.3 Å². The molecule has 0 saturated heterocycles. The summed E-state index contributed by atoms with van der Waals surface area (Å²) >= 11 is 6.14. The van der Waals surface area contributed by atoms with Crippen molar-refractivity contribution in [2.45, 2.75) is 26.6 Å². The Morgan fingerprint density at radius 1 is 0.933 bits per heavy atom. The zero-order chi connectivity index (χ0) is 21.6. The number of thiocyanates is 1. The van der Waals surface area contributed by atoms with E-state index < -0.39 is 0 Å². The summed E-state index contributed by atoms with van der Waals surface area (Å²) in [6, 6.07) is 11.3. The van der Waals surface area contributed by atoms with Gasteiger partial charge in [-0.05, 0) is 36.9 Å². The first-order valence-corrected chi connectivity index (χ1v) is 10.1. The first kappa shape index (κ1) is 27.4. The van der Waals surface area contributed by atoms with Crippen LogP contribution in [-0.2, 0) is 12.3 Å². The molecule has 6 nitrogen and oxygen atoms in total. The lowest BCUT2D eigenvalue weighted by Gasteiger charge is -2.11. The fraction of sp³-hybridized carbons (Fsp3) is 0.364. The number of nitriles is 1. The van der Waals surface area contributed by atoms with E-state index in [1.54, 1.807) is 28.4 Å². The number of rotatable bonds is 8. The zero-order valence-corrected chi connectivity index (χ0v) is 18.9. The van der Waals surface area contributed by atoms with Crippen LogP contribution in [0.5, 0.6) is 23.0 Å². The summed E-state index contributed by atoms with van der Waals surface area (Å²) in [6.45, 7) is 2.52. The molecule has 2 rings (SSSR count). The number of methoxy groups -OCH3 is 4. The van der Waals surface area contributed by atoms with Crippen LogP contribution in [0.4, 0.5) is 0 Å². The molecule has 0 fully saturated rings. The van der Waals surface area contributed by atoms with Crippen LogP contribution in [0.3, 0.4) is 0 Å². The minimum Gasteiger partial charge on any atom is -0.497 e. The molecule has 8 heteroatoms. The monoisotopic (exact) mass is 450 g/mol. The highest BCUT2D eigenvalue weighted by Gasteiger charge is 2.05. The second kappa shape index (κ2) is 15.2. The molecule has 0 aromatic heterocycles. The first-order valence-electron chi connectivity index (χ1n) is 8.66. The largest absolute Gasteiger partial charge is 0.497 e. The second-order valence-electron chi connectivity index (χ2n) is 5.65. The van der Waals surface area contributed by atoms with Crippen LogP contribution >= 0.6 is 24.0 Å². The number of ether oxygens (including phenoxy) is 4. The maximum Gasteiger partial charge on any atom is 0.133 e. The van der Waals surface area contributed by atoms with E-state index >= 15 is 0 Å². The Hall–Kier alpha value is -2.63. The molecule has 0 aliphatic carbocycles. The molecule has 0 aliphatic heterocycles. The minimum atomic E-state index is 0. The van der Waals surface area contributed by atoms with Gasteiger partial charge in [-0.25, -0.2) is 0 Å². The topological polar surface area (TPSA) is 72.7 Å². The average Bonchev–Trinajstić information content (AvgIpc) is 2.76. The van der Waals surface area contributed by atoms with Crippen molar-refractivity contribution in [1.29, 1.82) is 5.26 Å². The normalized spacial score (nSPS) is 9.07. The molecule has 0 saturated carbocycles. The van der Waals surface area contributed by atoms with Crippen molar-refractivity contribution in [2.75, 3.05) is 28.4 Å². The summed E-state index contributed by atoms with van der Waals surface area (Å²) in [5, 5.41) is 13.5. The lowest BCUT2D eigenvalue weighted by molar-refractivity contribution is 0.390. The van der Waals surface area contributed by atoms with Crippen molar-refractivity contribution in [3.05, 3.63) is 47.5 Å². The predicted octanol–water partition coefficient (Wildman–Crippen LogP) is 5.19. The van der Waals surface area contributed by atoms with Gasteiger partial charge in [-0.15, -0.1) is 0 Å². The summed E-state index contributed by atoms with van der Waals surface area (Å²) in [7, 11) is 6.49. The van der Waals surface area contributed by atoms with Crippen molar-refractivity contribution < 1.29 is 18.9 Å². The smallest absolute Gasteiger partial charge is 0.133 e. The van der Waals surface area contributed by atoms with E-state index in [2.05, 4.69) is 5.32 Å². The molecule has 0 bridgehead atoms. The number of nitrogens with zero attached hydrogens (tertiary/aromatic N) is 1. The zero-order valence-electron chi connectivity index (χ0n) is 17.3. The summed E-state index contributed by atoms with van der Waals surface area (Å²) in [5.41, 5.74) is 2.06. The molecule has 0 atom stereocenters. The molecule has 2 aromatic carbocycles. The third kappa shape index (κ3) is 9.25. The molecule has 0 spiro atoms. The number of hydrogen-bond donors (Lipinski definition) is 1. The van der Waals surface area contributed by atoms with Gasteiger partial charge in [0.2, 0.25) is 0 Å². The Kier molecular flexibility index (Phi) is 13.9. The van der Waals surface area contributed by atoms with E-state index in [1.807, 2.05) is 48.7 Å².